The van der Waals surface area contributed by atoms with E-state index in [0.29, 0.717) is 11.4 Å². The molecule has 0 amide bonds. The zero-order valence-electron chi connectivity index (χ0n) is 18.0. The largest absolute Gasteiger partial charge is 0.506 e. The van der Waals surface area contributed by atoms with E-state index in [2.05, 4.69) is 36.2 Å². The molecule has 5 nitrogen and oxygen atoms in total. The summed E-state index contributed by atoms with van der Waals surface area (Å²) in [6.07, 6.45) is 6.27. The standard InChI is InChI=1S/C24H32N2O3S.ClH/c1-17(7-5-6-15-29-16-14-18-8-3-2-4-9-18)10-12-20(25)19-11-13-21(27)22-23(19)30-24(28)26-22;/h2-4,8-9,11,13,17,20,27H,5-7,10,12,14-16,25H2,1H3,(H,26,28);1H. The molecular weight excluding hydrogens is 432 g/mol. The molecule has 3 aromatic rings. The number of hydrogen-bond acceptors (Lipinski definition) is 5. The van der Waals surface area contributed by atoms with Gasteiger partial charge in [-0.05, 0) is 48.8 Å². The van der Waals surface area contributed by atoms with Gasteiger partial charge in [0.25, 0.3) is 0 Å². The molecule has 1 aromatic heterocycles. The molecule has 0 aliphatic carbocycles. The number of aromatic nitrogens is 1. The van der Waals surface area contributed by atoms with E-state index in [9.17, 15) is 9.90 Å². The maximum atomic E-state index is 11.7. The van der Waals surface area contributed by atoms with Gasteiger partial charge in [0.15, 0.2) is 0 Å². The van der Waals surface area contributed by atoms with Gasteiger partial charge < -0.3 is 20.6 Å². The van der Waals surface area contributed by atoms with Gasteiger partial charge in [0, 0.05) is 12.6 Å². The number of fused-ring (bicyclic) bond motifs is 1. The summed E-state index contributed by atoms with van der Waals surface area (Å²) in [5.74, 6) is 0.691. The van der Waals surface area contributed by atoms with Gasteiger partial charge in [0.2, 0.25) is 0 Å². The molecule has 2 aromatic carbocycles. The zero-order chi connectivity index (χ0) is 21.3. The molecule has 170 valence electrons. The minimum Gasteiger partial charge on any atom is -0.506 e. The van der Waals surface area contributed by atoms with Gasteiger partial charge in [-0.15, -0.1) is 12.4 Å². The van der Waals surface area contributed by atoms with Gasteiger partial charge in [0.05, 0.1) is 11.3 Å². The molecule has 0 saturated carbocycles. The van der Waals surface area contributed by atoms with E-state index < -0.39 is 0 Å². The van der Waals surface area contributed by atoms with Gasteiger partial charge >= 0.3 is 4.87 Å². The van der Waals surface area contributed by atoms with Crippen LogP contribution in [0.4, 0.5) is 0 Å². The molecule has 4 N–H and O–H groups in total. The summed E-state index contributed by atoms with van der Waals surface area (Å²) >= 11 is 1.11. The number of ether oxygens (including phenoxy) is 1. The van der Waals surface area contributed by atoms with E-state index in [4.69, 9.17) is 10.5 Å². The number of halogens is 1. The van der Waals surface area contributed by atoms with Crippen molar-refractivity contribution >= 4 is 34.0 Å². The van der Waals surface area contributed by atoms with E-state index >= 15 is 0 Å². The van der Waals surface area contributed by atoms with E-state index in [1.54, 1.807) is 6.07 Å². The molecule has 3 rings (SSSR count). The van der Waals surface area contributed by atoms with Gasteiger partial charge in [-0.2, -0.15) is 0 Å². The fourth-order valence-corrected chi connectivity index (χ4v) is 4.66. The number of nitrogens with one attached hydrogen (secondary N) is 1. The quantitative estimate of drug-likeness (QED) is 0.306. The highest BCUT2D eigenvalue weighted by Crippen LogP contribution is 2.32. The van der Waals surface area contributed by atoms with Crippen LogP contribution in [0.1, 0.15) is 56.2 Å². The summed E-state index contributed by atoms with van der Waals surface area (Å²) < 4.78 is 6.53. The number of phenols is 1. The molecular formula is C24H33ClN2O3S. The predicted octanol–water partition coefficient (Wildman–Crippen LogP) is 5.56. The highest BCUT2D eigenvalue weighted by atomic mass is 35.5. The lowest BCUT2D eigenvalue weighted by molar-refractivity contribution is 0.132. The van der Waals surface area contributed by atoms with Crippen LogP contribution in [0.25, 0.3) is 10.2 Å². The van der Waals surface area contributed by atoms with Crippen LogP contribution < -0.4 is 10.6 Å². The van der Waals surface area contributed by atoms with Crippen LogP contribution in [0.2, 0.25) is 0 Å². The van der Waals surface area contributed by atoms with Crippen LogP contribution in [0.5, 0.6) is 5.75 Å². The van der Waals surface area contributed by atoms with Gasteiger partial charge in [-0.3, -0.25) is 4.79 Å². The van der Waals surface area contributed by atoms with Crippen molar-refractivity contribution in [2.75, 3.05) is 13.2 Å². The van der Waals surface area contributed by atoms with Crippen molar-refractivity contribution in [2.24, 2.45) is 11.7 Å². The number of aromatic hydroxyl groups is 1. The fourth-order valence-electron chi connectivity index (χ4n) is 3.73. The Morgan fingerprint density at radius 2 is 1.84 bits per heavy atom. The Kier molecular flexibility index (Phi) is 10.5. The highest BCUT2D eigenvalue weighted by Gasteiger charge is 2.16. The van der Waals surface area contributed by atoms with E-state index in [1.807, 2.05) is 12.1 Å². The van der Waals surface area contributed by atoms with Crippen molar-refractivity contribution in [1.29, 1.82) is 0 Å². The second-order valence-corrected chi connectivity index (χ2v) is 9.01. The van der Waals surface area contributed by atoms with Crippen molar-refractivity contribution in [1.82, 2.24) is 4.98 Å². The molecule has 0 aliphatic rings. The molecule has 31 heavy (non-hydrogen) atoms. The lowest BCUT2D eigenvalue weighted by atomic mass is 9.94. The van der Waals surface area contributed by atoms with Crippen molar-refractivity contribution in [3.63, 3.8) is 0 Å². The second kappa shape index (κ2) is 12.9. The average molecular weight is 465 g/mol. The molecule has 0 bridgehead atoms. The number of thiazole rings is 1. The third-order valence-electron chi connectivity index (χ3n) is 5.57. The Hall–Kier alpha value is -1.86. The number of aromatic amines is 1. The smallest absolute Gasteiger partial charge is 0.305 e. The normalized spacial score (nSPS) is 13.1. The summed E-state index contributed by atoms with van der Waals surface area (Å²) in [5.41, 5.74) is 9.17. The van der Waals surface area contributed by atoms with E-state index in [-0.39, 0.29) is 29.1 Å². The summed E-state index contributed by atoms with van der Waals surface area (Å²) in [7, 11) is 0. The lowest BCUT2D eigenvalue weighted by Gasteiger charge is -2.17. The summed E-state index contributed by atoms with van der Waals surface area (Å²) in [4.78, 5) is 14.2. The zero-order valence-corrected chi connectivity index (χ0v) is 19.6. The van der Waals surface area contributed by atoms with Crippen LogP contribution in [0, 0.1) is 5.92 Å². The molecule has 0 aliphatic heterocycles. The number of unbranched alkanes of at least 4 members (excludes halogenated alkanes) is 1. The lowest BCUT2D eigenvalue weighted by Crippen LogP contribution is -2.12. The minimum atomic E-state index is -0.167. The molecule has 0 fully saturated rings. The number of benzene rings is 2. The van der Waals surface area contributed by atoms with Gasteiger partial charge in [-0.1, -0.05) is 67.5 Å². The Bertz CT molecular complexity index is 974. The van der Waals surface area contributed by atoms with Crippen LogP contribution in [0.3, 0.4) is 0 Å². The molecule has 1 heterocycles. The molecule has 2 atom stereocenters. The first kappa shape index (κ1) is 25.4. The SMILES string of the molecule is CC(CCCCOCCc1ccccc1)CCC(N)c1ccc(O)c2[nH]c(=O)sc12.Cl. The number of nitrogens with two attached hydrogens (primary N) is 1. The Morgan fingerprint density at radius 1 is 1.06 bits per heavy atom. The minimum absolute atomic E-state index is 0. The monoisotopic (exact) mass is 464 g/mol. The van der Waals surface area contributed by atoms with Crippen LogP contribution in [0.15, 0.2) is 47.3 Å². The molecule has 2 unspecified atom stereocenters. The number of hydrogen-bond donors (Lipinski definition) is 3. The van der Waals surface area contributed by atoms with E-state index in [0.717, 1.165) is 73.3 Å². The number of H-pyrrole nitrogens is 1. The first-order valence-electron chi connectivity index (χ1n) is 10.8. The van der Waals surface area contributed by atoms with Crippen molar-refractivity contribution in [3.8, 4) is 5.75 Å². The highest BCUT2D eigenvalue weighted by molar-refractivity contribution is 7.16. The average Bonchev–Trinajstić information content (AvgIpc) is 3.14. The number of phenolic OH excluding ortho intramolecular Hbond substituents is 1. The van der Waals surface area contributed by atoms with Gasteiger partial charge in [0.1, 0.15) is 11.3 Å². The molecule has 0 spiro atoms. The molecule has 7 heteroatoms. The summed E-state index contributed by atoms with van der Waals surface area (Å²) in [6.45, 7) is 3.86. The Balaban J connectivity index is 0.00000341. The second-order valence-electron chi connectivity index (χ2n) is 8.03. The summed E-state index contributed by atoms with van der Waals surface area (Å²) in [5, 5.41) is 9.93. The Morgan fingerprint density at radius 3 is 2.61 bits per heavy atom. The fraction of sp³-hybridized carbons (Fsp3) is 0.458. The first-order valence-corrected chi connectivity index (χ1v) is 11.6. The maximum absolute atomic E-state index is 11.7. The Labute approximate surface area is 194 Å². The van der Waals surface area contributed by atoms with Crippen LogP contribution in [-0.4, -0.2) is 23.3 Å². The van der Waals surface area contributed by atoms with Crippen LogP contribution in [-0.2, 0) is 11.2 Å². The topological polar surface area (TPSA) is 88.3 Å². The maximum Gasteiger partial charge on any atom is 0.305 e. The summed E-state index contributed by atoms with van der Waals surface area (Å²) in [6, 6.07) is 13.7. The van der Waals surface area contributed by atoms with E-state index in [1.165, 1.54) is 5.56 Å². The first-order chi connectivity index (χ1) is 14.5. The van der Waals surface area contributed by atoms with Crippen molar-refractivity contribution in [2.45, 2.75) is 51.5 Å². The molecule has 0 radical (unpaired) electrons. The van der Waals surface area contributed by atoms with Gasteiger partial charge in [-0.25, -0.2) is 0 Å². The number of rotatable bonds is 12. The third-order valence-corrected chi connectivity index (χ3v) is 6.50. The van der Waals surface area contributed by atoms with Crippen LogP contribution >= 0.6 is 23.7 Å². The van der Waals surface area contributed by atoms with Crippen molar-refractivity contribution in [3.05, 3.63) is 63.3 Å². The predicted molar refractivity (Wildman–Crippen MR) is 132 cm³/mol. The molecule has 0 saturated heterocycles. The van der Waals surface area contributed by atoms with Crippen molar-refractivity contribution < 1.29 is 9.84 Å². The third kappa shape index (κ3) is 7.65.